The van der Waals surface area contributed by atoms with Crippen LogP contribution in [0.5, 0.6) is 0 Å². The van der Waals surface area contributed by atoms with Gasteiger partial charge in [-0.15, -0.1) is 0 Å². The molecule has 0 aliphatic carbocycles. The smallest absolute Gasteiger partial charge is 0.326 e. The van der Waals surface area contributed by atoms with E-state index in [1.54, 1.807) is 6.07 Å². The van der Waals surface area contributed by atoms with Crippen molar-refractivity contribution in [2.24, 2.45) is 0 Å². The summed E-state index contributed by atoms with van der Waals surface area (Å²) in [5.41, 5.74) is 0.0663. The van der Waals surface area contributed by atoms with E-state index in [4.69, 9.17) is 27.9 Å². The van der Waals surface area contributed by atoms with Gasteiger partial charge in [-0.3, -0.25) is 14.4 Å². The number of carbonyl (C=O) groups excluding carboxylic acids is 3. The molecule has 1 atom stereocenters. The molecule has 2 N–H and O–H groups in total. The fraction of sp³-hybridized carbons (Fsp3) is 0.167. The first-order valence-corrected chi connectivity index (χ1v) is 8.51. The molecule has 0 aromatic heterocycles. The maximum atomic E-state index is 13.5. The summed E-state index contributed by atoms with van der Waals surface area (Å²) in [6.45, 7) is 0.826. The SMILES string of the molecule is C[C@H](OC(=O)CNC(=O)c1ccccc1F)C(=O)Nc1cc(Cl)ccc1Cl. The Hall–Kier alpha value is -2.64. The molecule has 6 nitrogen and oxygen atoms in total. The van der Waals surface area contributed by atoms with Crippen LogP contribution in [0.25, 0.3) is 0 Å². The minimum Gasteiger partial charge on any atom is -0.451 e. The summed E-state index contributed by atoms with van der Waals surface area (Å²) in [6.07, 6.45) is -1.15. The summed E-state index contributed by atoms with van der Waals surface area (Å²) in [5, 5.41) is 5.35. The van der Waals surface area contributed by atoms with Crippen LogP contribution in [-0.4, -0.2) is 30.4 Å². The van der Waals surface area contributed by atoms with Crippen LogP contribution in [-0.2, 0) is 14.3 Å². The summed E-state index contributed by atoms with van der Waals surface area (Å²) in [4.78, 5) is 35.7. The van der Waals surface area contributed by atoms with Crippen LogP contribution in [0.3, 0.4) is 0 Å². The maximum absolute atomic E-state index is 13.5. The average Bonchev–Trinajstić information content (AvgIpc) is 2.63. The van der Waals surface area contributed by atoms with Gasteiger partial charge >= 0.3 is 5.97 Å². The highest BCUT2D eigenvalue weighted by atomic mass is 35.5. The zero-order chi connectivity index (χ0) is 20.0. The van der Waals surface area contributed by atoms with Gasteiger partial charge in [0.15, 0.2) is 6.10 Å². The molecule has 2 rings (SSSR count). The van der Waals surface area contributed by atoms with Crippen molar-refractivity contribution in [3.63, 3.8) is 0 Å². The number of benzene rings is 2. The molecule has 0 bridgehead atoms. The van der Waals surface area contributed by atoms with E-state index in [2.05, 4.69) is 10.6 Å². The van der Waals surface area contributed by atoms with E-state index in [1.807, 2.05) is 0 Å². The highest BCUT2D eigenvalue weighted by Gasteiger charge is 2.20. The van der Waals surface area contributed by atoms with E-state index < -0.39 is 36.2 Å². The lowest BCUT2D eigenvalue weighted by atomic mass is 10.2. The number of halogens is 3. The van der Waals surface area contributed by atoms with Crippen LogP contribution in [0, 0.1) is 5.82 Å². The standard InChI is InChI=1S/C18H15Cl2FN2O4/c1-10(17(25)23-15-8-11(19)6-7-13(15)20)27-16(24)9-22-18(26)12-4-2-3-5-14(12)21/h2-8,10H,9H2,1H3,(H,22,26)(H,23,25)/t10-/m0/s1. The van der Waals surface area contributed by atoms with Gasteiger partial charge in [-0.1, -0.05) is 35.3 Å². The van der Waals surface area contributed by atoms with Gasteiger partial charge in [0.05, 0.1) is 16.3 Å². The molecule has 2 aromatic carbocycles. The van der Waals surface area contributed by atoms with Crippen molar-refractivity contribution in [1.82, 2.24) is 5.32 Å². The second kappa shape index (κ2) is 9.34. The maximum Gasteiger partial charge on any atom is 0.326 e. The molecule has 0 saturated carbocycles. The molecule has 0 aliphatic heterocycles. The topological polar surface area (TPSA) is 84.5 Å². The van der Waals surface area contributed by atoms with Crippen molar-refractivity contribution in [2.75, 3.05) is 11.9 Å². The normalized spacial score (nSPS) is 11.4. The Morgan fingerprint density at radius 3 is 2.56 bits per heavy atom. The summed E-state index contributed by atoms with van der Waals surface area (Å²) >= 11 is 11.8. The average molecular weight is 413 g/mol. The van der Waals surface area contributed by atoms with Crippen LogP contribution in [0.1, 0.15) is 17.3 Å². The van der Waals surface area contributed by atoms with Crippen LogP contribution < -0.4 is 10.6 Å². The Bertz CT molecular complexity index is 876. The van der Waals surface area contributed by atoms with Crippen molar-refractivity contribution in [3.8, 4) is 0 Å². The van der Waals surface area contributed by atoms with Gasteiger partial charge in [-0.2, -0.15) is 0 Å². The van der Waals surface area contributed by atoms with Crippen LogP contribution in [0.15, 0.2) is 42.5 Å². The molecular formula is C18H15Cl2FN2O4. The molecule has 0 radical (unpaired) electrons. The fourth-order valence-electron chi connectivity index (χ4n) is 2.01. The van der Waals surface area contributed by atoms with Crippen LogP contribution in [0.4, 0.5) is 10.1 Å². The molecular weight excluding hydrogens is 398 g/mol. The van der Waals surface area contributed by atoms with E-state index in [-0.39, 0.29) is 16.3 Å². The van der Waals surface area contributed by atoms with Crippen molar-refractivity contribution in [1.29, 1.82) is 0 Å². The summed E-state index contributed by atoms with van der Waals surface area (Å²) in [5.74, 6) is -2.98. The number of nitrogens with one attached hydrogen (secondary N) is 2. The molecule has 2 amide bonds. The lowest BCUT2D eigenvalue weighted by molar-refractivity contribution is -0.152. The third kappa shape index (κ3) is 5.94. The highest BCUT2D eigenvalue weighted by Crippen LogP contribution is 2.25. The predicted molar refractivity (Wildman–Crippen MR) is 99.4 cm³/mol. The molecule has 0 fully saturated rings. The molecule has 0 spiro atoms. The van der Waals surface area contributed by atoms with E-state index >= 15 is 0 Å². The van der Waals surface area contributed by atoms with Gasteiger partial charge in [0.25, 0.3) is 11.8 Å². The molecule has 2 aromatic rings. The Labute approximate surface area is 164 Å². The predicted octanol–water partition coefficient (Wildman–Crippen LogP) is 3.43. The van der Waals surface area contributed by atoms with Gasteiger partial charge in [0.1, 0.15) is 12.4 Å². The van der Waals surface area contributed by atoms with Crippen molar-refractivity contribution >= 4 is 46.7 Å². The van der Waals surface area contributed by atoms with E-state index in [1.165, 1.54) is 37.3 Å². The van der Waals surface area contributed by atoms with Crippen molar-refractivity contribution in [2.45, 2.75) is 13.0 Å². The number of carbonyl (C=O) groups is 3. The van der Waals surface area contributed by atoms with Crippen LogP contribution >= 0.6 is 23.2 Å². The highest BCUT2D eigenvalue weighted by molar-refractivity contribution is 6.35. The van der Waals surface area contributed by atoms with Gasteiger partial charge in [-0.25, -0.2) is 4.39 Å². The third-order valence-corrected chi connectivity index (χ3v) is 3.94. The quantitative estimate of drug-likeness (QED) is 0.711. The Balaban J connectivity index is 1.86. The minimum atomic E-state index is -1.15. The minimum absolute atomic E-state index is 0.202. The molecule has 0 saturated heterocycles. The second-order valence-corrected chi connectivity index (χ2v) is 6.25. The zero-order valence-corrected chi connectivity index (χ0v) is 15.6. The van der Waals surface area contributed by atoms with E-state index in [9.17, 15) is 18.8 Å². The first kappa shape index (κ1) is 20.7. The zero-order valence-electron chi connectivity index (χ0n) is 14.1. The Morgan fingerprint density at radius 1 is 1.15 bits per heavy atom. The van der Waals surface area contributed by atoms with Gasteiger partial charge in [0, 0.05) is 5.02 Å². The van der Waals surface area contributed by atoms with Gasteiger partial charge in [0.2, 0.25) is 0 Å². The molecule has 27 heavy (non-hydrogen) atoms. The molecule has 0 heterocycles. The number of esters is 1. The number of anilines is 1. The Morgan fingerprint density at radius 2 is 1.85 bits per heavy atom. The summed E-state index contributed by atoms with van der Waals surface area (Å²) < 4.78 is 18.4. The summed E-state index contributed by atoms with van der Waals surface area (Å²) in [6, 6.07) is 9.85. The first-order chi connectivity index (χ1) is 12.8. The van der Waals surface area contributed by atoms with Crippen molar-refractivity contribution in [3.05, 3.63) is 63.9 Å². The van der Waals surface area contributed by atoms with Crippen LogP contribution in [0.2, 0.25) is 10.0 Å². The largest absolute Gasteiger partial charge is 0.451 e. The van der Waals surface area contributed by atoms with E-state index in [0.717, 1.165) is 6.07 Å². The van der Waals surface area contributed by atoms with Gasteiger partial charge in [-0.05, 0) is 37.3 Å². The first-order valence-electron chi connectivity index (χ1n) is 7.76. The summed E-state index contributed by atoms with van der Waals surface area (Å²) in [7, 11) is 0. The second-order valence-electron chi connectivity index (χ2n) is 5.41. The Kier molecular flexibility index (Phi) is 7.15. The molecule has 142 valence electrons. The number of hydrogen-bond acceptors (Lipinski definition) is 4. The van der Waals surface area contributed by atoms with E-state index in [0.29, 0.717) is 5.02 Å². The lowest BCUT2D eigenvalue weighted by Gasteiger charge is -2.14. The number of amides is 2. The molecule has 9 heteroatoms. The fourth-order valence-corrected chi connectivity index (χ4v) is 2.35. The number of rotatable bonds is 6. The monoisotopic (exact) mass is 412 g/mol. The number of hydrogen-bond donors (Lipinski definition) is 2. The number of ether oxygens (including phenoxy) is 1. The molecule has 0 unspecified atom stereocenters. The van der Waals surface area contributed by atoms with Crippen molar-refractivity contribution < 1.29 is 23.5 Å². The van der Waals surface area contributed by atoms with Gasteiger partial charge < -0.3 is 15.4 Å². The molecule has 0 aliphatic rings. The third-order valence-electron chi connectivity index (χ3n) is 3.38. The lowest BCUT2D eigenvalue weighted by Crippen LogP contribution is -2.36.